The summed E-state index contributed by atoms with van der Waals surface area (Å²) >= 11 is 1.14. The zero-order valence-corrected chi connectivity index (χ0v) is 10.5. The van der Waals surface area contributed by atoms with Crippen LogP contribution in [-0.2, 0) is 13.0 Å². The standard InChI is InChI=1S/C11H13N3O2S/c1-3-9-10(17-13-12-9)11(15)14(2)7-8-5-4-6-16-8/h4-6H,3,7H2,1-2H3. The topological polar surface area (TPSA) is 59.2 Å². The van der Waals surface area contributed by atoms with Gasteiger partial charge in [-0.1, -0.05) is 11.4 Å². The van der Waals surface area contributed by atoms with Gasteiger partial charge >= 0.3 is 0 Å². The van der Waals surface area contributed by atoms with Gasteiger partial charge in [0.25, 0.3) is 5.91 Å². The van der Waals surface area contributed by atoms with Crippen molar-refractivity contribution >= 4 is 17.4 Å². The number of furan rings is 1. The van der Waals surface area contributed by atoms with Crippen molar-refractivity contribution in [1.82, 2.24) is 14.5 Å². The van der Waals surface area contributed by atoms with Crippen molar-refractivity contribution in [2.45, 2.75) is 19.9 Å². The molecule has 0 aromatic carbocycles. The second-order valence-corrected chi connectivity index (χ2v) is 4.40. The molecule has 90 valence electrons. The van der Waals surface area contributed by atoms with E-state index in [9.17, 15) is 4.79 Å². The SMILES string of the molecule is CCc1nnsc1C(=O)N(C)Cc1ccco1. The first kappa shape index (κ1) is 11.8. The van der Waals surface area contributed by atoms with Crippen LogP contribution in [0.1, 0.15) is 28.0 Å². The summed E-state index contributed by atoms with van der Waals surface area (Å²) in [5.41, 5.74) is 0.756. The van der Waals surface area contributed by atoms with E-state index in [1.165, 1.54) is 0 Å². The van der Waals surface area contributed by atoms with Crippen LogP contribution in [0.2, 0.25) is 0 Å². The number of amides is 1. The highest BCUT2D eigenvalue weighted by Gasteiger charge is 2.19. The fourth-order valence-electron chi connectivity index (χ4n) is 1.48. The molecule has 0 spiro atoms. The molecule has 0 aliphatic carbocycles. The molecule has 2 heterocycles. The van der Waals surface area contributed by atoms with Crippen molar-refractivity contribution in [3.63, 3.8) is 0 Å². The Kier molecular flexibility index (Phi) is 3.53. The Morgan fingerprint density at radius 2 is 2.41 bits per heavy atom. The van der Waals surface area contributed by atoms with Crippen LogP contribution in [0.15, 0.2) is 22.8 Å². The van der Waals surface area contributed by atoms with Crippen LogP contribution in [-0.4, -0.2) is 27.4 Å². The van der Waals surface area contributed by atoms with Gasteiger partial charge in [0, 0.05) is 7.05 Å². The summed E-state index contributed by atoms with van der Waals surface area (Å²) in [5, 5.41) is 3.93. The number of rotatable bonds is 4. The fraction of sp³-hybridized carbons (Fsp3) is 0.364. The van der Waals surface area contributed by atoms with E-state index in [0.29, 0.717) is 17.8 Å². The Bertz CT molecular complexity index is 493. The van der Waals surface area contributed by atoms with Gasteiger partial charge in [0.2, 0.25) is 0 Å². The van der Waals surface area contributed by atoms with Crippen molar-refractivity contribution in [1.29, 1.82) is 0 Å². The number of hydrogen-bond acceptors (Lipinski definition) is 5. The largest absolute Gasteiger partial charge is 0.467 e. The first-order valence-electron chi connectivity index (χ1n) is 5.31. The predicted octanol–water partition coefficient (Wildman–Crippen LogP) is 1.97. The third-order valence-corrected chi connectivity index (χ3v) is 3.16. The summed E-state index contributed by atoms with van der Waals surface area (Å²) in [6.45, 7) is 2.41. The van der Waals surface area contributed by atoms with E-state index < -0.39 is 0 Å². The molecule has 0 N–H and O–H groups in total. The van der Waals surface area contributed by atoms with E-state index in [1.807, 2.05) is 13.0 Å². The molecule has 0 fully saturated rings. The fourth-order valence-corrected chi connectivity index (χ4v) is 2.23. The molecule has 0 atom stereocenters. The lowest BCUT2D eigenvalue weighted by Crippen LogP contribution is -2.26. The molecule has 2 rings (SSSR count). The van der Waals surface area contributed by atoms with Crippen LogP contribution in [0, 0.1) is 0 Å². The predicted molar refractivity (Wildman–Crippen MR) is 63.8 cm³/mol. The normalized spacial score (nSPS) is 10.5. The quantitative estimate of drug-likeness (QED) is 0.833. The Morgan fingerprint density at radius 1 is 1.59 bits per heavy atom. The summed E-state index contributed by atoms with van der Waals surface area (Å²) in [4.78, 5) is 14.3. The van der Waals surface area contributed by atoms with Crippen LogP contribution >= 0.6 is 11.5 Å². The van der Waals surface area contributed by atoms with Crippen molar-refractivity contribution in [3.8, 4) is 0 Å². The molecule has 0 saturated heterocycles. The molecule has 0 radical (unpaired) electrons. The van der Waals surface area contributed by atoms with Crippen molar-refractivity contribution in [2.75, 3.05) is 7.05 Å². The van der Waals surface area contributed by atoms with Gasteiger partial charge in [-0.25, -0.2) is 0 Å². The third-order valence-electron chi connectivity index (χ3n) is 2.40. The highest BCUT2D eigenvalue weighted by molar-refractivity contribution is 7.07. The molecule has 1 amide bonds. The van der Waals surface area contributed by atoms with Crippen LogP contribution in [0.3, 0.4) is 0 Å². The lowest BCUT2D eigenvalue weighted by Gasteiger charge is -2.14. The number of hydrogen-bond donors (Lipinski definition) is 0. The molecule has 6 heteroatoms. The molecule has 0 bridgehead atoms. The summed E-state index contributed by atoms with van der Waals surface area (Å²) in [6, 6.07) is 3.65. The van der Waals surface area contributed by atoms with Gasteiger partial charge in [-0.3, -0.25) is 4.79 Å². The van der Waals surface area contributed by atoms with Gasteiger partial charge < -0.3 is 9.32 Å². The van der Waals surface area contributed by atoms with Crippen LogP contribution in [0.5, 0.6) is 0 Å². The Morgan fingerprint density at radius 3 is 3.06 bits per heavy atom. The second-order valence-electron chi connectivity index (χ2n) is 3.64. The van der Waals surface area contributed by atoms with Gasteiger partial charge in [0.15, 0.2) is 0 Å². The van der Waals surface area contributed by atoms with Gasteiger partial charge in [-0.2, -0.15) is 0 Å². The van der Waals surface area contributed by atoms with Crippen LogP contribution in [0.25, 0.3) is 0 Å². The van der Waals surface area contributed by atoms with Crippen LogP contribution < -0.4 is 0 Å². The van der Waals surface area contributed by atoms with Gasteiger partial charge in [-0.05, 0) is 30.1 Å². The number of aryl methyl sites for hydroxylation is 1. The third kappa shape index (κ3) is 2.52. The van der Waals surface area contributed by atoms with E-state index in [0.717, 1.165) is 23.0 Å². The van der Waals surface area contributed by atoms with E-state index >= 15 is 0 Å². The Labute approximate surface area is 103 Å². The highest BCUT2D eigenvalue weighted by Crippen LogP contribution is 2.15. The summed E-state index contributed by atoms with van der Waals surface area (Å²) in [5.74, 6) is 0.699. The highest BCUT2D eigenvalue weighted by atomic mass is 32.1. The van der Waals surface area contributed by atoms with Crippen molar-refractivity contribution < 1.29 is 9.21 Å². The zero-order chi connectivity index (χ0) is 12.3. The molecule has 17 heavy (non-hydrogen) atoms. The molecule has 0 unspecified atom stereocenters. The smallest absolute Gasteiger partial charge is 0.267 e. The summed E-state index contributed by atoms with van der Waals surface area (Å²) < 4.78 is 9.02. The summed E-state index contributed by atoms with van der Waals surface area (Å²) in [6.07, 6.45) is 2.31. The minimum Gasteiger partial charge on any atom is -0.467 e. The average Bonchev–Trinajstić information content (AvgIpc) is 2.97. The molecular weight excluding hydrogens is 238 g/mol. The van der Waals surface area contributed by atoms with E-state index in [1.54, 1.807) is 24.3 Å². The molecule has 0 saturated carbocycles. The Hall–Kier alpha value is -1.69. The monoisotopic (exact) mass is 251 g/mol. The van der Waals surface area contributed by atoms with E-state index in [2.05, 4.69) is 9.59 Å². The maximum atomic E-state index is 12.1. The maximum Gasteiger partial charge on any atom is 0.267 e. The number of carbonyl (C=O) groups is 1. The first-order valence-corrected chi connectivity index (χ1v) is 6.08. The minimum atomic E-state index is -0.0618. The van der Waals surface area contributed by atoms with E-state index in [4.69, 9.17) is 4.42 Å². The van der Waals surface area contributed by atoms with Crippen molar-refractivity contribution in [3.05, 3.63) is 34.7 Å². The molecule has 2 aromatic heterocycles. The van der Waals surface area contributed by atoms with Crippen molar-refractivity contribution in [2.24, 2.45) is 0 Å². The number of aromatic nitrogens is 2. The van der Waals surface area contributed by atoms with Gasteiger partial charge in [0.1, 0.15) is 10.6 Å². The lowest BCUT2D eigenvalue weighted by atomic mass is 10.2. The molecule has 0 aliphatic heterocycles. The van der Waals surface area contributed by atoms with E-state index in [-0.39, 0.29) is 5.91 Å². The lowest BCUT2D eigenvalue weighted by molar-refractivity contribution is 0.0779. The number of carbonyl (C=O) groups excluding carboxylic acids is 1. The van der Waals surface area contributed by atoms with Gasteiger partial charge in [-0.15, -0.1) is 5.10 Å². The second kappa shape index (κ2) is 5.09. The first-order chi connectivity index (χ1) is 8.22. The zero-order valence-electron chi connectivity index (χ0n) is 9.71. The van der Waals surface area contributed by atoms with Gasteiger partial charge in [0.05, 0.1) is 18.5 Å². The molecule has 0 aliphatic rings. The molecule has 5 nitrogen and oxygen atoms in total. The summed E-state index contributed by atoms with van der Waals surface area (Å²) in [7, 11) is 1.74. The number of nitrogens with zero attached hydrogens (tertiary/aromatic N) is 3. The minimum absolute atomic E-state index is 0.0618. The molecular formula is C11H13N3O2S. The van der Waals surface area contributed by atoms with Crippen LogP contribution in [0.4, 0.5) is 0 Å². The maximum absolute atomic E-state index is 12.1. The molecule has 2 aromatic rings. The Balaban J connectivity index is 2.09. The average molecular weight is 251 g/mol.